The van der Waals surface area contributed by atoms with Gasteiger partial charge in [-0.3, -0.25) is 14.6 Å². The molecule has 2 aliphatic heterocycles. The maximum Gasteiger partial charge on any atom is 0.237 e. The number of amides is 1. The molecule has 0 aliphatic carbocycles. The highest BCUT2D eigenvalue weighted by molar-refractivity contribution is 7.98. The minimum Gasteiger partial charge on any atom is -0.379 e. The maximum absolute atomic E-state index is 13.7. The van der Waals surface area contributed by atoms with Crippen LogP contribution in [-0.2, 0) is 9.53 Å². The largest absolute Gasteiger partial charge is 0.379 e. The number of β-lactam (4-membered cyclic amide) rings is 1. The molecule has 2 saturated heterocycles. The van der Waals surface area contributed by atoms with E-state index >= 15 is 0 Å². The van der Waals surface area contributed by atoms with Crippen LogP contribution in [0.15, 0.2) is 23.1 Å². The van der Waals surface area contributed by atoms with Crippen LogP contribution in [0.2, 0.25) is 0 Å². The summed E-state index contributed by atoms with van der Waals surface area (Å²) in [6, 6.07) is 4.90. The van der Waals surface area contributed by atoms with Crippen molar-refractivity contribution in [3.63, 3.8) is 0 Å². The summed E-state index contributed by atoms with van der Waals surface area (Å²) < 4.78 is 19.1. The highest BCUT2D eigenvalue weighted by atomic mass is 32.2. The predicted molar refractivity (Wildman–Crippen MR) is 85.6 cm³/mol. The second-order valence-corrected chi connectivity index (χ2v) is 7.09. The number of halogens is 1. The summed E-state index contributed by atoms with van der Waals surface area (Å²) in [7, 11) is 0. The van der Waals surface area contributed by atoms with Crippen LogP contribution in [0.4, 0.5) is 10.1 Å². The third kappa shape index (κ3) is 2.43. The number of nitrogens with zero attached hydrogens (tertiary/aromatic N) is 2. The Bertz CT molecular complexity index is 588. The predicted octanol–water partition coefficient (Wildman–Crippen LogP) is 2.58. The number of ether oxygens (including phenoxy) is 1. The summed E-state index contributed by atoms with van der Waals surface area (Å²) in [5.74, 6) is -0.158. The second-order valence-electron chi connectivity index (χ2n) is 6.24. The van der Waals surface area contributed by atoms with Crippen LogP contribution in [0.3, 0.4) is 0 Å². The maximum atomic E-state index is 13.7. The molecule has 1 unspecified atom stereocenters. The number of anilines is 1. The van der Waals surface area contributed by atoms with Gasteiger partial charge in [0.2, 0.25) is 5.91 Å². The van der Waals surface area contributed by atoms with Gasteiger partial charge in [0.15, 0.2) is 0 Å². The van der Waals surface area contributed by atoms with E-state index in [0.717, 1.165) is 18.8 Å². The first kappa shape index (κ1) is 15.8. The molecule has 1 atom stereocenters. The summed E-state index contributed by atoms with van der Waals surface area (Å²) in [5, 5.41) is 0. The summed E-state index contributed by atoms with van der Waals surface area (Å²) in [4.78, 5) is 17.2. The zero-order valence-electron chi connectivity index (χ0n) is 13.1. The van der Waals surface area contributed by atoms with Gasteiger partial charge in [-0.15, -0.1) is 11.8 Å². The number of hydrogen-bond acceptors (Lipinski definition) is 4. The van der Waals surface area contributed by atoms with E-state index in [0.29, 0.717) is 18.1 Å². The molecule has 3 rings (SSSR count). The van der Waals surface area contributed by atoms with E-state index < -0.39 is 5.41 Å². The van der Waals surface area contributed by atoms with Crippen molar-refractivity contribution in [1.82, 2.24) is 4.90 Å². The summed E-state index contributed by atoms with van der Waals surface area (Å²) in [6.45, 7) is 6.96. The molecular weight excluding hydrogens is 303 g/mol. The van der Waals surface area contributed by atoms with Crippen LogP contribution in [0.25, 0.3) is 0 Å². The first-order valence-electron chi connectivity index (χ1n) is 7.46. The first-order valence-corrected chi connectivity index (χ1v) is 8.68. The molecule has 2 heterocycles. The van der Waals surface area contributed by atoms with Gasteiger partial charge in [-0.2, -0.15) is 0 Å². The summed E-state index contributed by atoms with van der Waals surface area (Å²) in [6.07, 6.45) is 1.84. The Kier molecular flexibility index (Phi) is 4.18. The second kappa shape index (κ2) is 5.83. The number of hydrogen-bond donors (Lipinski definition) is 0. The lowest BCUT2D eigenvalue weighted by atomic mass is 9.77. The van der Waals surface area contributed by atoms with Gasteiger partial charge in [0, 0.05) is 23.7 Å². The molecule has 4 nitrogen and oxygen atoms in total. The molecule has 2 aliphatic rings. The number of benzene rings is 1. The Morgan fingerprint density at radius 1 is 1.32 bits per heavy atom. The van der Waals surface area contributed by atoms with Crippen LogP contribution >= 0.6 is 11.8 Å². The van der Waals surface area contributed by atoms with Crippen LogP contribution < -0.4 is 4.90 Å². The zero-order chi connectivity index (χ0) is 15.9. The normalized spacial score (nSPS) is 25.2. The molecule has 0 N–H and O–H groups in total. The molecule has 22 heavy (non-hydrogen) atoms. The monoisotopic (exact) mass is 324 g/mol. The van der Waals surface area contributed by atoms with Gasteiger partial charge < -0.3 is 4.74 Å². The SMILES string of the molecule is CSc1cc(N2C(=O)C(C)(C)C2N2CCOCC2)ccc1F. The minimum absolute atomic E-state index is 0.00377. The fraction of sp³-hybridized carbons (Fsp3) is 0.562. The van der Waals surface area contributed by atoms with Gasteiger partial charge in [-0.1, -0.05) is 0 Å². The lowest BCUT2D eigenvalue weighted by molar-refractivity contribution is -0.147. The van der Waals surface area contributed by atoms with Gasteiger partial charge in [0.1, 0.15) is 12.0 Å². The first-order chi connectivity index (χ1) is 10.5. The van der Waals surface area contributed by atoms with Gasteiger partial charge in [-0.25, -0.2) is 4.39 Å². The number of thioether (sulfide) groups is 1. The van der Waals surface area contributed by atoms with E-state index in [1.165, 1.54) is 17.8 Å². The molecule has 1 aromatic carbocycles. The molecule has 2 fully saturated rings. The lowest BCUT2D eigenvalue weighted by Crippen LogP contribution is -2.74. The van der Waals surface area contributed by atoms with E-state index in [2.05, 4.69) is 4.90 Å². The quantitative estimate of drug-likeness (QED) is 0.632. The third-order valence-electron chi connectivity index (χ3n) is 4.46. The number of rotatable bonds is 3. The van der Waals surface area contributed by atoms with Crippen LogP contribution in [-0.4, -0.2) is 49.5 Å². The highest BCUT2D eigenvalue weighted by Crippen LogP contribution is 2.44. The van der Waals surface area contributed by atoms with Gasteiger partial charge in [-0.05, 0) is 38.3 Å². The Labute approximate surface area is 134 Å². The molecule has 0 radical (unpaired) electrons. The average Bonchev–Trinajstić information content (AvgIpc) is 2.53. The lowest BCUT2D eigenvalue weighted by Gasteiger charge is -2.57. The molecule has 0 saturated carbocycles. The van der Waals surface area contributed by atoms with E-state index in [4.69, 9.17) is 4.74 Å². The molecule has 6 heteroatoms. The van der Waals surface area contributed by atoms with Crippen molar-refractivity contribution in [2.75, 3.05) is 37.5 Å². The molecule has 1 aromatic rings. The van der Waals surface area contributed by atoms with Crippen molar-refractivity contribution in [2.24, 2.45) is 5.41 Å². The van der Waals surface area contributed by atoms with Crippen molar-refractivity contribution in [3.8, 4) is 0 Å². The van der Waals surface area contributed by atoms with E-state index in [9.17, 15) is 9.18 Å². The molecule has 120 valence electrons. The van der Waals surface area contributed by atoms with Crippen LogP contribution in [0.1, 0.15) is 13.8 Å². The molecular formula is C16H21FN2O2S. The third-order valence-corrected chi connectivity index (χ3v) is 5.22. The van der Waals surface area contributed by atoms with E-state index in [1.54, 1.807) is 17.0 Å². The standard InChI is InChI=1S/C16H21FN2O2S/c1-16(2)14(18-6-8-21-9-7-18)19(15(16)20)11-4-5-12(17)13(10-11)22-3/h4-5,10,14H,6-9H2,1-3H3. The van der Waals surface area contributed by atoms with Crippen molar-refractivity contribution >= 4 is 23.4 Å². The van der Waals surface area contributed by atoms with Crippen molar-refractivity contribution < 1.29 is 13.9 Å². The topological polar surface area (TPSA) is 32.8 Å². The molecule has 0 spiro atoms. The highest BCUT2D eigenvalue weighted by Gasteiger charge is 2.57. The van der Waals surface area contributed by atoms with Crippen LogP contribution in [0.5, 0.6) is 0 Å². The van der Waals surface area contributed by atoms with Gasteiger partial charge in [0.05, 0.1) is 18.6 Å². The summed E-state index contributed by atoms with van der Waals surface area (Å²) >= 11 is 1.35. The number of morpholine rings is 1. The van der Waals surface area contributed by atoms with E-state index in [-0.39, 0.29) is 17.9 Å². The van der Waals surface area contributed by atoms with Crippen molar-refractivity contribution in [1.29, 1.82) is 0 Å². The summed E-state index contributed by atoms with van der Waals surface area (Å²) in [5.41, 5.74) is 0.345. The smallest absolute Gasteiger partial charge is 0.237 e. The minimum atomic E-state index is -0.425. The van der Waals surface area contributed by atoms with Crippen molar-refractivity contribution in [2.45, 2.75) is 24.9 Å². The average molecular weight is 324 g/mol. The fourth-order valence-electron chi connectivity index (χ4n) is 3.29. The Hall–Kier alpha value is -1.11. The Morgan fingerprint density at radius 3 is 2.64 bits per heavy atom. The van der Waals surface area contributed by atoms with E-state index in [1.807, 2.05) is 20.1 Å². The zero-order valence-corrected chi connectivity index (χ0v) is 14.0. The number of carbonyl (C=O) groups is 1. The van der Waals surface area contributed by atoms with Crippen LogP contribution in [0, 0.1) is 11.2 Å². The van der Waals surface area contributed by atoms with Gasteiger partial charge in [0.25, 0.3) is 0 Å². The molecule has 1 amide bonds. The fourth-order valence-corrected chi connectivity index (χ4v) is 3.79. The van der Waals surface area contributed by atoms with Gasteiger partial charge >= 0.3 is 0 Å². The Balaban J connectivity index is 1.92. The van der Waals surface area contributed by atoms with Crippen molar-refractivity contribution in [3.05, 3.63) is 24.0 Å². The molecule has 0 bridgehead atoms. The Morgan fingerprint density at radius 2 is 2.00 bits per heavy atom. The number of carbonyl (C=O) groups excluding carboxylic acids is 1. The molecule has 0 aromatic heterocycles.